The number of rotatable bonds is 6. The molecule has 21 heavy (non-hydrogen) atoms. The van der Waals surface area contributed by atoms with Crippen LogP contribution in [-0.4, -0.2) is 21.9 Å². The monoisotopic (exact) mass is 351 g/mol. The molecule has 0 radical (unpaired) electrons. The maximum absolute atomic E-state index is 5.96. The minimum absolute atomic E-state index is 0.0780. The van der Waals surface area contributed by atoms with Gasteiger partial charge in [0.05, 0.1) is 11.0 Å². The highest BCUT2D eigenvalue weighted by Crippen LogP contribution is 2.29. The first kappa shape index (κ1) is 16.0. The number of hydrogen-bond acceptors (Lipinski definition) is 3. The molecule has 0 fully saturated rings. The van der Waals surface area contributed by atoms with E-state index in [1.165, 1.54) is 0 Å². The number of ether oxygens (including phenoxy) is 1. The Morgan fingerprint density at radius 1 is 1.29 bits per heavy atom. The van der Waals surface area contributed by atoms with Crippen LogP contribution in [0.4, 0.5) is 0 Å². The summed E-state index contributed by atoms with van der Waals surface area (Å²) >= 11 is 3.57. The number of hydrogen-bond donors (Lipinski definition) is 1. The van der Waals surface area contributed by atoms with Crippen LogP contribution in [0.25, 0.3) is 0 Å². The van der Waals surface area contributed by atoms with Crippen molar-refractivity contribution in [2.75, 3.05) is 6.61 Å². The average molecular weight is 352 g/mol. The number of halogens is 1. The van der Waals surface area contributed by atoms with Crippen LogP contribution >= 0.6 is 15.9 Å². The largest absolute Gasteiger partial charge is 0.490 e. The first-order valence-electron chi connectivity index (χ1n) is 7.08. The molecule has 0 aliphatic rings. The normalized spacial score (nSPS) is 11.6. The first-order chi connectivity index (χ1) is 9.96. The van der Waals surface area contributed by atoms with Crippen LogP contribution in [0.5, 0.6) is 5.75 Å². The van der Waals surface area contributed by atoms with Gasteiger partial charge < -0.3 is 10.1 Å². The van der Waals surface area contributed by atoms with Gasteiger partial charge in [-0.3, -0.25) is 4.68 Å². The molecule has 1 N–H and O–H groups in total. The first-order valence-corrected chi connectivity index (χ1v) is 7.88. The molecule has 4 nitrogen and oxygen atoms in total. The predicted octanol–water partition coefficient (Wildman–Crippen LogP) is 3.61. The molecule has 114 valence electrons. The Balaban J connectivity index is 1.99. The van der Waals surface area contributed by atoms with E-state index in [-0.39, 0.29) is 5.54 Å². The second-order valence-corrected chi connectivity index (χ2v) is 6.80. The number of aromatic nitrogens is 2. The van der Waals surface area contributed by atoms with E-state index in [1.54, 1.807) is 6.20 Å². The van der Waals surface area contributed by atoms with E-state index in [2.05, 4.69) is 53.2 Å². The van der Waals surface area contributed by atoms with Gasteiger partial charge in [-0.2, -0.15) is 5.10 Å². The molecule has 0 aliphatic carbocycles. The average Bonchev–Trinajstić information content (AvgIpc) is 2.91. The van der Waals surface area contributed by atoms with Crippen molar-refractivity contribution in [1.29, 1.82) is 0 Å². The molecule has 1 aromatic heterocycles. The van der Waals surface area contributed by atoms with Crippen LogP contribution in [0.1, 0.15) is 26.3 Å². The molecule has 0 unspecified atom stereocenters. The van der Waals surface area contributed by atoms with Crippen molar-refractivity contribution in [2.24, 2.45) is 0 Å². The summed E-state index contributed by atoms with van der Waals surface area (Å²) in [6, 6.07) is 8.04. The lowest BCUT2D eigenvalue weighted by Gasteiger charge is -2.22. The molecule has 0 saturated carbocycles. The summed E-state index contributed by atoms with van der Waals surface area (Å²) in [4.78, 5) is 0. The van der Waals surface area contributed by atoms with Gasteiger partial charge in [0.15, 0.2) is 0 Å². The molecule has 2 aromatic rings. The fraction of sp³-hybridized carbons (Fsp3) is 0.438. The Morgan fingerprint density at radius 3 is 2.76 bits per heavy atom. The summed E-state index contributed by atoms with van der Waals surface area (Å²) in [5.74, 6) is 0.904. The van der Waals surface area contributed by atoms with Crippen molar-refractivity contribution < 1.29 is 4.74 Å². The molecule has 0 saturated heterocycles. The van der Waals surface area contributed by atoms with Crippen LogP contribution < -0.4 is 10.1 Å². The van der Waals surface area contributed by atoms with E-state index in [9.17, 15) is 0 Å². The Kier molecular flexibility index (Phi) is 5.42. The number of nitrogens with one attached hydrogen (secondary N) is 1. The van der Waals surface area contributed by atoms with Crippen LogP contribution in [0, 0.1) is 0 Å². The van der Waals surface area contributed by atoms with Crippen molar-refractivity contribution in [3.05, 3.63) is 46.7 Å². The molecule has 0 amide bonds. The summed E-state index contributed by atoms with van der Waals surface area (Å²) in [6.45, 7) is 8.57. The number of para-hydroxylation sites is 1. The van der Waals surface area contributed by atoms with Crippen molar-refractivity contribution in [2.45, 2.75) is 39.4 Å². The lowest BCUT2D eigenvalue weighted by Crippen LogP contribution is -2.35. The Hall–Kier alpha value is -1.33. The van der Waals surface area contributed by atoms with Crippen LogP contribution in [0.2, 0.25) is 0 Å². The van der Waals surface area contributed by atoms with Gasteiger partial charge in [-0.25, -0.2) is 0 Å². The minimum atomic E-state index is 0.0780. The standard InChI is InChI=1S/C16H22BrN3O/c1-16(2,3)18-12-13-6-4-7-14(17)15(13)21-11-10-20-9-5-8-19-20/h4-9,18H,10-12H2,1-3H3. The van der Waals surface area contributed by atoms with E-state index in [0.29, 0.717) is 6.61 Å². The fourth-order valence-electron chi connectivity index (χ4n) is 1.89. The topological polar surface area (TPSA) is 39.1 Å². The molecular weight excluding hydrogens is 330 g/mol. The Bertz CT molecular complexity index is 561. The molecule has 0 bridgehead atoms. The van der Waals surface area contributed by atoms with Gasteiger partial charge in [-0.05, 0) is 48.8 Å². The van der Waals surface area contributed by atoms with Gasteiger partial charge in [0, 0.05) is 30.0 Å². The number of nitrogens with zero attached hydrogens (tertiary/aromatic N) is 2. The Labute approximate surface area is 134 Å². The summed E-state index contributed by atoms with van der Waals surface area (Å²) < 4.78 is 8.81. The van der Waals surface area contributed by atoms with Gasteiger partial charge >= 0.3 is 0 Å². The smallest absolute Gasteiger partial charge is 0.138 e. The van der Waals surface area contributed by atoms with E-state index >= 15 is 0 Å². The minimum Gasteiger partial charge on any atom is -0.490 e. The fourth-order valence-corrected chi connectivity index (χ4v) is 2.41. The van der Waals surface area contributed by atoms with Crippen molar-refractivity contribution >= 4 is 15.9 Å². The van der Waals surface area contributed by atoms with Gasteiger partial charge in [0.1, 0.15) is 12.4 Å². The zero-order valence-electron chi connectivity index (χ0n) is 12.8. The van der Waals surface area contributed by atoms with E-state index in [4.69, 9.17) is 4.74 Å². The maximum atomic E-state index is 5.96. The van der Waals surface area contributed by atoms with Crippen LogP contribution in [0.3, 0.4) is 0 Å². The zero-order chi connectivity index (χ0) is 15.3. The van der Waals surface area contributed by atoms with E-state index in [1.807, 2.05) is 29.1 Å². The van der Waals surface area contributed by atoms with Crippen LogP contribution in [0.15, 0.2) is 41.1 Å². The highest BCUT2D eigenvalue weighted by molar-refractivity contribution is 9.10. The third-order valence-corrected chi connectivity index (χ3v) is 3.61. The molecular formula is C16H22BrN3O. The second-order valence-electron chi connectivity index (χ2n) is 5.95. The highest BCUT2D eigenvalue weighted by Gasteiger charge is 2.12. The molecule has 0 spiro atoms. The quantitative estimate of drug-likeness (QED) is 0.863. The van der Waals surface area contributed by atoms with Crippen molar-refractivity contribution in [3.8, 4) is 5.75 Å². The predicted molar refractivity (Wildman–Crippen MR) is 88.5 cm³/mol. The summed E-state index contributed by atoms with van der Waals surface area (Å²) in [5, 5.41) is 7.66. The third kappa shape index (κ3) is 5.17. The molecule has 5 heteroatoms. The lowest BCUT2D eigenvalue weighted by atomic mass is 10.1. The lowest BCUT2D eigenvalue weighted by molar-refractivity contribution is 0.285. The van der Waals surface area contributed by atoms with Crippen LogP contribution in [-0.2, 0) is 13.1 Å². The summed E-state index contributed by atoms with van der Waals surface area (Å²) in [6.07, 6.45) is 3.71. The van der Waals surface area contributed by atoms with E-state index in [0.717, 1.165) is 28.9 Å². The molecule has 0 atom stereocenters. The SMILES string of the molecule is CC(C)(C)NCc1cccc(Br)c1OCCn1cccn1. The maximum Gasteiger partial charge on any atom is 0.138 e. The van der Waals surface area contributed by atoms with Gasteiger partial charge in [0.25, 0.3) is 0 Å². The second kappa shape index (κ2) is 7.09. The van der Waals surface area contributed by atoms with E-state index < -0.39 is 0 Å². The van der Waals surface area contributed by atoms with Crippen molar-refractivity contribution in [3.63, 3.8) is 0 Å². The van der Waals surface area contributed by atoms with Gasteiger partial charge in [-0.1, -0.05) is 12.1 Å². The zero-order valence-corrected chi connectivity index (χ0v) is 14.4. The summed E-state index contributed by atoms with van der Waals surface area (Å²) in [5.41, 5.74) is 1.23. The highest BCUT2D eigenvalue weighted by atomic mass is 79.9. The molecule has 1 aromatic carbocycles. The Morgan fingerprint density at radius 2 is 2.10 bits per heavy atom. The summed E-state index contributed by atoms with van der Waals surface area (Å²) in [7, 11) is 0. The van der Waals surface area contributed by atoms with Gasteiger partial charge in [0.2, 0.25) is 0 Å². The third-order valence-electron chi connectivity index (χ3n) is 2.98. The molecule has 1 heterocycles. The molecule has 0 aliphatic heterocycles. The van der Waals surface area contributed by atoms with Gasteiger partial charge in [-0.15, -0.1) is 0 Å². The number of benzene rings is 1. The van der Waals surface area contributed by atoms with Crippen molar-refractivity contribution in [1.82, 2.24) is 15.1 Å². The molecule has 2 rings (SSSR count).